The monoisotopic (exact) mass is 328 g/mol. The lowest BCUT2D eigenvalue weighted by atomic mass is 10.1. The van der Waals surface area contributed by atoms with E-state index in [1.54, 1.807) is 0 Å². The largest absolute Gasteiger partial charge is 0.468 e. The number of nitrogens with zero attached hydrogens (tertiary/aromatic N) is 2. The first-order valence-electron chi connectivity index (χ1n) is 6.41. The fraction of sp³-hybridized carbons (Fsp3) is 0.133. The van der Waals surface area contributed by atoms with Crippen molar-refractivity contribution >= 4 is 11.0 Å². The van der Waals surface area contributed by atoms with E-state index < -0.39 is 28.9 Å². The highest BCUT2D eigenvalue weighted by Crippen LogP contribution is 2.39. The van der Waals surface area contributed by atoms with E-state index in [4.69, 9.17) is 4.74 Å². The zero-order valence-corrected chi connectivity index (χ0v) is 11.7. The summed E-state index contributed by atoms with van der Waals surface area (Å²) in [7, 11) is 1.18. The molecule has 0 saturated heterocycles. The van der Waals surface area contributed by atoms with Gasteiger partial charge in [-0.3, -0.25) is 4.57 Å². The fourth-order valence-corrected chi connectivity index (χ4v) is 2.38. The van der Waals surface area contributed by atoms with Gasteiger partial charge >= 0.3 is 12.2 Å². The van der Waals surface area contributed by atoms with Crippen LogP contribution in [0, 0.1) is 11.6 Å². The van der Waals surface area contributed by atoms with E-state index in [-0.39, 0.29) is 17.2 Å². The first-order valence-corrected chi connectivity index (χ1v) is 6.41. The number of hydrogen-bond acceptors (Lipinski definition) is 2. The van der Waals surface area contributed by atoms with Crippen LogP contribution >= 0.6 is 0 Å². The Hall–Kier alpha value is -2.64. The van der Waals surface area contributed by atoms with Gasteiger partial charge in [0.25, 0.3) is 0 Å². The number of aromatic nitrogens is 2. The van der Waals surface area contributed by atoms with Crippen LogP contribution in [0.15, 0.2) is 36.4 Å². The molecule has 3 rings (SSSR count). The molecular formula is C15H9F5N2O. The molecular weight excluding hydrogens is 319 g/mol. The van der Waals surface area contributed by atoms with Gasteiger partial charge in [-0.05, 0) is 24.3 Å². The number of para-hydroxylation sites is 1. The Bertz CT molecular complexity index is 885. The Morgan fingerprint density at radius 3 is 2.30 bits per heavy atom. The van der Waals surface area contributed by atoms with Gasteiger partial charge in [0, 0.05) is 0 Å². The molecule has 0 atom stereocenters. The van der Waals surface area contributed by atoms with Crippen molar-refractivity contribution in [2.75, 3.05) is 7.11 Å². The van der Waals surface area contributed by atoms with Crippen LogP contribution in [0.4, 0.5) is 22.0 Å². The van der Waals surface area contributed by atoms with Crippen molar-refractivity contribution in [1.82, 2.24) is 9.55 Å². The van der Waals surface area contributed by atoms with Gasteiger partial charge in [-0.25, -0.2) is 8.78 Å². The Morgan fingerprint density at radius 2 is 1.70 bits per heavy atom. The normalized spacial score (nSPS) is 11.9. The van der Waals surface area contributed by atoms with Crippen molar-refractivity contribution in [3.63, 3.8) is 0 Å². The number of benzene rings is 2. The second-order valence-electron chi connectivity index (χ2n) is 4.67. The minimum atomic E-state index is -4.97. The summed E-state index contributed by atoms with van der Waals surface area (Å²) in [5.41, 5.74) is -2.49. The summed E-state index contributed by atoms with van der Waals surface area (Å²) in [6.07, 6.45) is -4.97. The highest BCUT2D eigenvalue weighted by Gasteiger charge is 2.39. The van der Waals surface area contributed by atoms with Crippen molar-refractivity contribution < 1.29 is 26.7 Å². The molecule has 0 aliphatic heterocycles. The van der Waals surface area contributed by atoms with E-state index in [2.05, 4.69) is 4.98 Å². The maximum atomic E-state index is 14.0. The molecule has 0 amide bonds. The lowest BCUT2D eigenvalue weighted by molar-refractivity contribution is -0.138. The SMILES string of the molecule is COc1nc2ccc(F)c(C(F)(F)F)c2n1-c1ccccc1F. The van der Waals surface area contributed by atoms with Crippen molar-refractivity contribution in [1.29, 1.82) is 0 Å². The molecule has 1 aromatic heterocycles. The molecule has 23 heavy (non-hydrogen) atoms. The van der Waals surface area contributed by atoms with E-state index in [0.717, 1.165) is 16.7 Å². The summed E-state index contributed by atoms with van der Waals surface area (Å²) in [5.74, 6) is -2.26. The van der Waals surface area contributed by atoms with E-state index in [0.29, 0.717) is 6.07 Å². The number of alkyl halides is 3. The molecule has 3 aromatic rings. The topological polar surface area (TPSA) is 27.1 Å². The lowest BCUT2D eigenvalue weighted by Gasteiger charge is -2.13. The molecule has 1 heterocycles. The number of imidazole rings is 1. The summed E-state index contributed by atoms with van der Waals surface area (Å²) < 4.78 is 73.5. The van der Waals surface area contributed by atoms with Crippen molar-refractivity contribution in [2.45, 2.75) is 6.18 Å². The zero-order valence-electron chi connectivity index (χ0n) is 11.7. The van der Waals surface area contributed by atoms with Crippen molar-refractivity contribution in [3.8, 4) is 11.7 Å². The molecule has 3 nitrogen and oxygen atoms in total. The Morgan fingerprint density at radius 1 is 1.00 bits per heavy atom. The zero-order chi connectivity index (χ0) is 16.8. The third-order valence-electron chi connectivity index (χ3n) is 3.30. The first kappa shape index (κ1) is 15.3. The second-order valence-corrected chi connectivity index (χ2v) is 4.67. The molecule has 0 bridgehead atoms. The highest BCUT2D eigenvalue weighted by atomic mass is 19.4. The van der Waals surface area contributed by atoms with Gasteiger partial charge in [0.1, 0.15) is 17.2 Å². The van der Waals surface area contributed by atoms with Crippen LogP contribution in [0.1, 0.15) is 5.56 Å². The highest BCUT2D eigenvalue weighted by molar-refractivity contribution is 5.83. The number of rotatable bonds is 2. The number of halogens is 5. The van der Waals surface area contributed by atoms with E-state index in [9.17, 15) is 22.0 Å². The van der Waals surface area contributed by atoms with E-state index in [1.165, 1.54) is 25.3 Å². The molecule has 0 aliphatic rings. The maximum absolute atomic E-state index is 14.0. The predicted molar refractivity (Wildman–Crippen MR) is 72.5 cm³/mol. The predicted octanol–water partition coefficient (Wildman–Crippen LogP) is 4.33. The van der Waals surface area contributed by atoms with Gasteiger partial charge in [0.15, 0.2) is 0 Å². The average Bonchev–Trinajstić information content (AvgIpc) is 2.84. The van der Waals surface area contributed by atoms with Crippen molar-refractivity contribution in [3.05, 3.63) is 53.6 Å². The van der Waals surface area contributed by atoms with Gasteiger partial charge in [-0.15, -0.1) is 0 Å². The van der Waals surface area contributed by atoms with Gasteiger partial charge < -0.3 is 4.74 Å². The van der Waals surface area contributed by atoms with Gasteiger partial charge in [-0.2, -0.15) is 18.2 Å². The first-order chi connectivity index (χ1) is 10.8. The third kappa shape index (κ3) is 2.39. The van der Waals surface area contributed by atoms with Crippen LogP contribution in [0.2, 0.25) is 0 Å². The maximum Gasteiger partial charge on any atom is 0.421 e. The molecule has 0 unspecified atom stereocenters. The summed E-state index contributed by atoms with van der Waals surface area (Å²) in [6, 6.07) is 6.63. The summed E-state index contributed by atoms with van der Waals surface area (Å²) in [5, 5.41) is 0. The smallest absolute Gasteiger partial charge is 0.421 e. The van der Waals surface area contributed by atoms with Gasteiger partial charge in [-0.1, -0.05) is 12.1 Å². The standard InChI is InChI=1S/C15H9F5N2O/c1-23-14-21-10-7-6-9(17)12(15(18,19)20)13(10)22(14)11-5-3-2-4-8(11)16/h2-7H,1H3. The van der Waals surface area contributed by atoms with Crippen LogP contribution in [-0.4, -0.2) is 16.7 Å². The van der Waals surface area contributed by atoms with Gasteiger partial charge in [0.05, 0.1) is 23.8 Å². The number of ether oxygens (including phenoxy) is 1. The van der Waals surface area contributed by atoms with E-state index >= 15 is 0 Å². The molecule has 120 valence electrons. The second kappa shape index (κ2) is 5.22. The minimum Gasteiger partial charge on any atom is -0.468 e. The van der Waals surface area contributed by atoms with Crippen LogP contribution in [-0.2, 0) is 6.18 Å². The van der Waals surface area contributed by atoms with Gasteiger partial charge in [0.2, 0.25) is 0 Å². The fourth-order valence-electron chi connectivity index (χ4n) is 2.38. The van der Waals surface area contributed by atoms with Crippen molar-refractivity contribution in [2.24, 2.45) is 0 Å². The molecule has 2 aromatic carbocycles. The molecule has 0 fully saturated rings. The molecule has 0 radical (unpaired) electrons. The quantitative estimate of drug-likeness (QED) is 0.655. The Labute approximate surface area is 126 Å². The average molecular weight is 328 g/mol. The summed E-state index contributed by atoms with van der Waals surface area (Å²) >= 11 is 0. The summed E-state index contributed by atoms with van der Waals surface area (Å²) in [4.78, 5) is 3.87. The van der Waals surface area contributed by atoms with Crippen LogP contribution in [0.25, 0.3) is 16.7 Å². The molecule has 0 aliphatic carbocycles. The third-order valence-corrected chi connectivity index (χ3v) is 3.30. The molecule has 8 heteroatoms. The minimum absolute atomic E-state index is 0.154. The number of hydrogen-bond donors (Lipinski definition) is 0. The Kier molecular flexibility index (Phi) is 3.46. The molecule has 0 saturated carbocycles. The van der Waals surface area contributed by atoms with Crippen LogP contribution in [0.5, 0.6) is 6.01 Å². The molecule has 0 N–H and O–H groups in total. The lowest BCUT2D eigenvalue weighted by Crippen LogP contribution is -2.12. The van der Waals surface area contributed by atoms with E-state index in [1.807, 2.05) is 0 Å². The summed E-state index contributed by atoms with van der Waals surface area (Å²) in [6.45, 7) is 0. The van der Waals surface area contributed by atoms with Crippen LogP contribution < -0.4 is 4.74 Å². The molecule has 0 spiro atoms. The van der Waals surface area contributed by atoms with Crippen LogP contribution in [0.3, 0.4) is 0 Å². The Balaban J connectivity index is 2.50. The number of fused-ring (bicyclic) bond motifs is 1. The number of methoxy groups -OCH3 is 1.